The van der Waals surface area contributed by atoms with Crippen LogP contribution < -0.4 is 5.32 Å². The van der Waals surface area contributed by atoms with Crippen molar-refractivity contribution in [3.05, 3.63) is 46.3 Å². The summed E-state index contributed by atoms with van der Waals surface area (Å²) in [5.41, 5.74) is 5.01. The van der Waals surface area contributed by atoms with Crippen LogP contribution in [0.3, 0.4) is 0 Å². The van der Waals surface area contributed by atoms with Gasteiger partial charge < -0.3 is 9.73 Å². The van der Waals surface area contributed by atoms with Gasteiger partial charge in [-0.25, -0.2) is 0 Å². The molecule has 1 N–H and O–H groups in total. The molecule has 0 atom stereocenters. The number of anilines is 1. The van der Waals surface area contributed by atoms with E-state index in [0.717, 1.165) is 24.3 Å². The number of nitrogens with zero attached hydrogens (tertiary/aromatic N) is 1. The maximum atomic E-state index is 5.63. The molecule has 1 aromatic carbocycles. The second-order valence-electron chi connectivity index (χ2n) is 4.71. The van der Waals surface area contributed by atoms with Gasteiger partial charge in [0.15, 0.2) is 0 Å². The standard InChI is InChI=1S/C15H20N2O/c1-10-5-6-11(2)13(9-10)7-8-14-12(3)17-15(16-4)18-14/h5-6,9H,7-8H2,1-4H3,(H,16,17). The first-order valence-corrected chi connectivity index (χ1v) is 6.30. The zero-order valence-electron chi connectivity index (χ0n) is 11.5. The van der Waals surface area contributed by atoms with Crippen molar-refractivity contribution in [2.24, 2.45) is 0 Å². The molecule has 2 rings (SSSR count). The molecule has 0 fully saturated rings. The van der Waals surface area contributed by atoms with Crippen LogP contribution in [-0.4, -0.2) is 12.0 Å². The van der Waals surface area contributed by atoms with Gasteiger partial charge in [-0.05, 0) is 38.3 Å². The highest BCUT2D eigenvalue weighted by atomic mass is 16.4. The summed E-state index contributed by atoms with van der Waals surface area (Å²) in [6, 6.07) is 7.18. The van der Waals surface area contributed by atoms with Crippen LogP contribution in [0.5, 0.6) is 0 Å². The van der Waals surface area contributed by atoms with Gasteiger partial charge in [0.05, 0.1) is 5.69 Å². The van der Waals surface area contributed by atoms with Crippen LogP contribution >= 0.6 is 0 Å². The van der Waals surface area contributed by atoms with E-state index in [1.807, 2.05) is 14.0 Å². The number of aryl methyl sites for hydroxylation is 5. The molecule has 0 radical (unpaired) electrons. The van der Waals surface area contributed by atoms with Crippen LogP contribution in [0.25, 0.3) is 0 Å². The highest BCUT2D eigenvalue weighted by Gasteiger charge is 2.09. The van der Waals surface area contributed by atoms with Crippen LogP contribution in [0, 0.1) is 20.8 Å². The van der Waals surface area contributed by atoms with Gasteiger partial charge >= 0.3 is 0 Å². The van der Waals surface area contributed by atoms with Crippen molar-refractivity contribution in [3.8, 4) is 0 Å². The van der Waals surface area contributed by atoms with Crippen LogP contribution in [0.1, 0.15) is 28.1 Å². The number of hydrogen-bond donors (Lipinski definition) is 1. The highest BCUT2D eigenvalue weighted by molar-refractivity contribution is 5.31. The lowest BCUT2D eigenvalue weighted by Gasteiger charge is -2.06. The molecule has 0 saturated carbocycles. The summed E-state index contributed by atoms with van der Waals surface area (Å²) in [6.07, 6.45) is 1.89. The molecule has 0 aliphatic heterocycles. The zero-order valence-corrected chi connectivity index (χ0v) is 11.5. The van der Waals surface area contributed by atoms with Gasteiger partial charge in [0.25, 0.3) is 6.01 Å². The smallest absolute Gasteiger partial charge is 0.294 e. The Labute approximate surface area is 108 Å². The average molecular weight is 244 g/mol. The van der Waals surface area contributed by atoms with Crippen molar-refractivity contribution >= 4 is 6.01 Å². The number of nitrogens with one attached hydrogen (secondary N) is 1. The highest BCUT2D eigenvalue weighted by Crippen LogP contribution is 2.18. The molecule has 96 valence electrons. The quantitative estimate of drug-likeness (QED) is 0.895. The molecular weight excluding hydrogens is 224 g/mol. The molecule has 0 aliphatic rings. The van der Waals surface area contributed by atoms with Crippen LogP contribution in [0.15, 0.2) is 22.6 Å². The van der Waals surface area contributed by atoms with Crippen molar-refractivity contribution in [2.45, 2.75) is 33.6 Å². The molecule has 0 unspecified atom stereocenters. The van der Waals surface area contributed by atoms with Gasteiger partial charge in [0.1, 0.15) is 5.76 Å². The van der Waals surface area contributed by atoms with Crippen molar-refractivity contribution in [1.29, 1.82) is 0 Å². The fourth-order valence-corrected chi connectivity index (χ4v) is 2.08. The molecule has 0 amide bonds. The Kier molecular flexibility index (Phi) is 3.70. The normalized spacial score (nSPS) is 10.7. The third-order valence-electron chi connectivity index (χ3n) is 3.23. The second-order valence-corrected chi connectivity index (χ2v) is 4.71. The summed E-state index contributed by atoms with van der Waals surface area (Å²) in [7, 11) is 1.82. The lowest BCUT2D eigenvalue weighted by molar-refractivity contribution is 0.516. The molecule has 3 nitrogen and oxygen atoms in total. The summed E-state index contributed by atoms with van der Waals surface area (Å²) in [5, 5.41) is 2.93. The van der Waals surface area contributed by atoms with Crippen molar-refractivity contribution < 1.29 is 4.42 Å². The topological polar surface area (TPSA) is 38.1 Å². The van der Waals surface area contributed by atoms with Crippen LogP contribution in [0.4, 0.5) is 6.01 Å². The van der Waals surface area contributed by atoms with Crippen LogP contribution in [-0.2, 0) is 12.8 Å². The van der Waals surface area contributed by atoms with Gasteiger partial charge in [-0.1, -0.05) is 23.8 Å². The Balaban J connectivity index is 2.11. The summed E-state index contributed by atoms with van der Waals surface area (Å²) >= 11 is 0. The van der Waals surface area contributed by atoms with Crippen molar-refractivity contribution in [3.63, 3.8) is 0 Å². The summed E-state index contributed by atoms with van der Waals surface area (Å²) in [6.45, 7) is 6.27. The number of benzene rings is 1. The summed E-state index contributed by atoms with van der Waals surface area (Å²) in [4.78, 5) is 4.30. The fourth-order valence-electron chi connectivity index (χ4n) is 2.08. The minimum absolute atomic E-state index is 0.600. The van der Waals surface area contributed by atoms with E-state index < -0.39 is 0 Å². The second kappa shape index (κ2) is 5.25. The van der Waals surface area contributed by atoms with E-state index in [1.165, 1.54) is 16.7 Å². The minimum atomic E-state index is 0.600. The molecular formula is C15H20N2O. The van der Waals surface area contributed by atoms with E-state index in [2.05, 4.69) is 42.3 Å². The first-order valence-electron chi connectivity index (χ1n) is 6.30. The Morgan fingerprint density at radius 3 is 2.61 bits per heavy atom. The van der Waals surface area contributed by atoms with Gasteiger partial charge in [-0.2, -0.15) is 4.98 Å². The predicted octanol–water partition coefficient (Wildman–Crippen LogP) is 3.43. The Bertz CT molecular complexity index is 543. The lowest BCUT2D eigenvalue weighted by Crippen LogP contribution is -1.95. The monoisotopic (exact) mass is 244 g/mol. The molecule has 0 spiro atoms. The van der Waals surface area contributed by atoms with E-state index in [0.29, 0.717) is 6.01 Å². The molecule has 1 aromatic heterocycles. The molecule has 0 bridgehead atoms. The molecule has 3 heteroatoms. The first-order chi connectivity index (χ1) is 8.60. The van der Waals surface area contributed by atoms with Crippen LogP contribution in [0.2, 0.25) is 0 Å². The molecule has 2 aromatic rings. The Hall–Kier alpha value is -1.77. The molecule has 0 saturated heterocycles. The lowest BCUT2D eigenvalue weighted by atomic mass is 10.0. The first kappa shape index (κ1) is 12.7. The van der Waals surface area contributed by atoms with E-state index in [-0.39, 0.29) is 0 Å². The van der Waals surface area contributed by atoms with Gasteiger partial charge in [0.2, 0.25) is 0 Å². The predicted molar refractivity (Wildman–Crippen MR) is 74.1 cm³/mol. The maximum Gasteiger partial charge on any atom is 0.294 e. The van der Waals surface area contributed by atoms with Gasteiger partial charge in [-0.15, -0.1) is 0 Å². The van der Waals surface area contributed by atoms with Crippen molar-refractivity contribution in [2.75, 3.05) is 12.4 Å². The van der Waals surface area contributed by atoms with Gasteiger partial charge in [-0.3, -0.25) is 0 Å². The van der Waals surface area contributed by atoms with Gasteiger partial charge in [0, 0.05) is 13.5 Å². The molecule has 18 heavy (non-hydrogen) atoms. The van der Waals surface area contributed by atoms with E-state index in [4.69, 9.17) is 4.42 Å². The summed E-state index contributed by atoms with van der Waals surface area (Å²) in [5.74, 6) is 0.972. The fraction of sp³-hybridized carbons (Fsp3) is 0.400. The zero-order chi connectivity index (χ0) is 13.1. The minimum Gasteiger partial charge on any atom is -0.428 e. The van der Waals surface area contributed by atoms with E-state index in [1.54, 1.807) is 0 Å². The third kappa shape index (κ3) is 2.73. The largest absolute Gasteiger partial charge is 0.428 e. The Morgan fingerprint density at radius 1 is 1.17 bits per heavy atom. The number of hydrogen-bond acceptors (Lipinski definition) is 3. The van der Waals surface area contributed by atoms with E-state index >= 15 is 0 Å². The number of aromatic nitrogens is 1. The van der Waals surface area contributed by atoms with Crippen molar-refractivity contribution in [1.82, 2.24) is 4.98 Å². The average Bonchev–Trinajstić information content (AvgIpc) is 2.71. The molecule has 1 heterocycles. The maximum absolute atomic E-state index is 5.63. The SMILES string of the molecule is CNc1nc(C)c(CCc2cc(C)ccc2C)o1. The number of rotatable bonds is 4. The molecule has 0 aliphatic carbocycles. The Morgan fingerprint density at radius 2 is 1.94 bits per heavy atom. The third-order valence-corrected chi connectivity index (χ3v) is 3.23. The summed E-state index contributed by atoms with van der Waals surface area (Å²) < 4.78 is 5.63. The number of oxazole rings is 1. The van der Waals surface area contributed by atoms with E-state index in [9.17, 15) is 0 Å².